The number of hydrogen-bond donors (Lipinski definition) is 2. The highest BCUT2D eigenvalue weighted by Gasteiger charge is 2.30. The number of para-hydroxylation sites is 1. The third kappa shape index (κ3) is 2.81. The zero-order valence-electron chi connectivity index (χ0n) is 11.4. The average molecular weight is 302 g/mol. The lowest BCUT2D eigenvalue weighted by Crippen LogP contribution is -2.30. The molecule has 0 saturated carbocycles. The first kappa shape index (κ1) is 14.2. The minimum absolute atomic E-state index is 0.0132. The molecule has 3 rings (SSSR count). The minimum Gasteiger partial charge on any atom is -0.326 e. The fraction of sp³-hybridized carbons (Fsp3) is 0.125. The molecule has 0 fully saturated rings. The van der Waals surface area contributed by atoms with Crippen molar-refractivity contribution in [1.82, 2.24) is 0 Å². The van der Waals surface area contributed by atoms with E-state index in [1.165, 1.54) is 0 Å². The SMILES string of the molecule is O=C1C[C@@H](C(=O)Nc2cc(F)cc(F)c2)c2ccccc2N1. The molecule has 1 aliphatic heterocycles. The summed E-state index contributed by atoms with van der Waals surface area (Å²) in [6.07, 6.45) is -0.0132. The van der Waals surface area contributed by atoms with Gasteiger partial charge in [0.1, 0.15) is 11.6 Å². The van der Waals surface area contributed by atoms with Gasteiger partial charge in [0.15, 0.2) is 0 Å². The first-order valence-electron chi connectivity index (χ1n) is 6.68. The topological polar surface area (TPSA) is 58.2 Å². The van der Waals surface area contributed by atoms with Crippen molar-refractivity contribution < 1.29 is 18.4 Å². The predicted octanol–water partition coefficient (Wildman–Crippen LogP) is 3.03. The van der Waals surface area contributed by atoms with Gasteiger partial charge in [-0.25, -0.2) is 8.78 Å². The summed E-state index contributed by atoms with van der Waals surface area (Å²) >= 11 is 0. The third-order valence-electron chi connectivity index (χ3n) is 3.45. The van der Waals surface area contributed by atoms with Crippen LogP contribution in [0.3, 0.4) is 0 Å². The second-order valence-corrected chi connectivity index (χ2v) is 5.04. The first-order chi connectivity index (χ1) is 10.5. The van der Waals surface area contributed by atoms with Gasteiger partial charge in [0.2, 0.25) is 11.8 Å². The lowest BCUT2D eigenvalue weighted by atomic mass is 9.90. The van der Waals surface area contributed by atoms with Crippen molar-refractivity contribution in [3.8, 4) is 0 Å². The summed E-state index contributed by atoms with van der Waals surface area (Å²) in [4.78, 5) is 24.1. The fourth-order valence-corrected chi connectivity index (χ4v) is 2.50. The van der Waals surface area contributed by atoms with E-state index in [1.54, 1.807) is 24.3 Å². The molecule has 22 heavy (non-hydrogen) atoms. The van der Waals surface area contributed by atoms with E-state index >= 15 is 0 Å². The van der Waals surface area contributed by atoms with Crippen molar-refractivity contribution >= 4 is 23.2 Å². The zero-order chi connectivity index (χ0) is 15.7. The van der Waals surface area contributed by atoms with E-state index in [9.17, 15) is 18.4 Å². The molecule has 4 nitrogen and oxygen atoms in total. The van der Waals surface area contributed by atoms with E-state index in [4.69, 9.17) is 0 Å². The molecule has 0 unspecified atom stereocenters. The molecule has 2 aromatic carbocycles. The largest absolute Gasteiger partial charge is 0.326 e. The molecule has 112 valence electrons. The maximum absolute atomic E-state index is 13.2. The molecule has 1 atom stereocenters. The number of carbonyl (C=O) groups is 2. The van der Waals surface area contributed by atoms with E-state index < -0.39 is 23.5 Å². The Morgan fingerprint density at radius 2 is 1.82 bits per heavy atom. The zero-order valence-corrected chi connectivity index (χ0v) is 11.4. The van der Waals surface area contributed by atoms with E-state index in [2.05, 4.69) is 10.6 Å². The normalized spacial score (nSPS) is 16.6. The third-order valence-corrected chi connectivity index (χ3v) is 3.45. The molecule has 2 amide bonds. The quantitative estimate of drug-likeness (QED) is 0.896. The maximum atomic E-state index is 13.2. The van der Waals surface area contributed by atoms with Gasteiger partial charge >= 0.3 is 0 Å². The summed E-state index contributed by atoms with van der Waals surface area (Å²) in [5.74, 6) is -3.01. The van der Waals surface area contributed by atoms with Crippen LogP contribution in [0.25, 0.3) is 0 Å². The Hall–Kier alpha value is -2.76. The van der Waals surface area contributed by atoms with Gasteiger partial charge < -0.3 is 10.6 Å². The highest BCUT2D eigenvalue weighted by Crippen LogP contribution is 2.32. The van der Waals surface area contributed by atoms with Crippen molar-refractivity contribution in [2.75, 3.05) is 10.6 Å². The van der Waals surface area contributed by atoms with Crippen molar-refractivity contribution in [1.29, 1.82) is 0 Å². The Balaban J connectivity index is 1.87. The summed E-state index contributed by atoms with van der Waals surface area (Å²) in [6, 6.07) is 9.73. The van der Waals surface area contributed by atoms with Gasteiger partial charge in [0.25, 0.3) is 0 Å². The summed E-state index contributed by atoms with van der Waals surface area (Å²) < 4.78 is 26.3. The van der Waals surface area contributed by atoms with E-state index in [1.807, 2.05) is 0 Å². The van der Waals surface area contributed by atoms with E-state index in [0.717, 1.165) is 18.2 Å². The lowest BCUT2D eigenvalue weighted by molar-refractivity contribution is -0.123. The lowest BCUT2D eigenvalue weighted by Gasteiger charge is -2.24. The monoisotopic (exact) mass is 302 g/mol. The van der Waals surface area contributed by atoms with Crippen LogP contribution < -0.4 is 10.6 Å². The molecule has 6 heteroatoms. The van der Waals surface area contributed by atoms with Gasteiger partial charge in [-0.15, -0.1) is 0 Å². The molecule has 0 aromatic heterocycles. The Morgan fingerprint density at radius 3 is 2.55 bits per heavy atom. The first-order valence-corrected chi connectivity index (χ1v) is 6.68. The highest BCUT2D eigenvalue weighted by atomic mass is 19.1. The fourth-order valence-electron chi connectivity index (χ4n) is 2.50. The van der Waals surface area contributed by atoms with Crippen molar-refractivity contribution in [2.45, 2.75) is 12.3 Å². The van der Waals surface area contributed by atoms with Crippen molar-refractivity contribution in [2.24, 2.45) is 0 Å². The Kier molecular flexibility index (Phi) is 3.58. The summed E-state index contributed by atoms with van der Waals surface area (Å²) in [7, 11) is 0. The van der Waals surface area contributed by atoms with Crippen molar-refractivity contribution in [3.05, 3.63) is 59.7 Å². The smallest absolute Gasteiger partial charge is 0.232 e. The predicted molar refractivity (Wildman–Crippen MR) is 77.4 cm³/mol. The number of anilines is 2. The van der Waals surface area contributed by atoms with Crippen molar-refractivity contribution in [3.63, 3.8) is 0 Å². The highest BCUT2D eigenvalue weighted by molar-refractivity contribution is 6.05. The minimum atomic E-state index is -0.780. The molecule has 1 aliphatic rings. The van der Waals surface area contributed by atoms with Gasteiger partial charge in [-0.05, 0) is 23.8 Å². The van der Waals surface area contributed by atoms with Crippen LogP contribution in [0.1, 0.15) is 17.9 Å². The second kappa shape index (κ2) is 5.55. The van der Waals surface area contributed by atoms with Crippen LogP contribution in [0.5, 0.6) is 0 Å². The van der Waals surface area contributed by atoms with E-state index in [-0.39, 0.29) is 18.0 Å². The van der Waals surface area contributed by atoms with E-state index in [0.29, 0.717) is 11.3 Å². The Morgan fingerprint density at radius 1 is 1.14 bits per heavy atom. The molecule has 2 aromatic rings. The van der Waals surface area contributed by atoms with Crippen LogP contribution in [0.2, 0.25) is 0 Å². The molecule has 0 radical (unpaired) electrons. The Labute approximate surface area is 125 Å². The number of benzene rings is 2. The number of nitrogens with one attached hydrogen (secondary N) is 2. The molecule has 0 aliphatic carbocycles. The van der Waals surface area contributed by atoms with Crippen LogP contribution in [0.15, 0.2) is 42.5 Å². The molecule has 1 heterocycles. The molecular weight excluding hydrogens is 290 g/mol. The number of amides is 2. The van der Waals surface area contributed by atoms with Gasteiger partial charge in [-0.3, -0.25) is 9.59 Å². The van der Waals surface area contributed by atoms with Gasteiger partial charge in [0, 0.05) is 23.9 Å². The van der Waals surface area contributed by atoms with Gasteiger partial charge in [0.05, 0.1) is 5.92 Å². The Bertz CT molecular complexity index is 741. The number of rotatable bonds is 2. The molecular formula is C16H12F2N2O2. The second-order valence-electron chi connectivity index (χ2n) is 5.04. The van der Waals surface area contributed by atoms with Crippen LogP contribution in [0.4, 0.5) is 20.2 Å². The van der Waals surface area contributed by atoms with Gasteiger partial charge in [-0.2, -0.15) is 0 Å². The van der Waals surface area contributed by atoms with Crippen LogP contribution in [0, 0.1) is 11.6 Å². The summed E-state index contributed by atoms with van der Waals surface area (Å²) in [5, 5.41) is 5.14. The number of hydrogen-bond acceptors (Lipinski definition) is 2. The van der Waals surface area contributed by atoms with Gasteiger partial charge in [-0.1, -0.05) is 18.2 Å². The average Bonchev–Trinajstić information content (AvgIpc) is 2.45. The molecule has 2 N–H and O–H groups in total. The molecule has 0 bridgehead atoms. The standard InChI is InChI=1S/C16H12F2N2O2/c17-9-5-10(18)7-11(6-9)19-16(22)13-8-15(21)20-14-4-2-1-3-12(13)14/h1-7,13H,8H2,(H,19,22)(H,20,21)/t13-/m1/s1. The van der Waals surface area contributed by atoms with Crippen LogP contribution in [-0.4, -0.2) is 11.8 Å². The maximum Gasteiger partial charge on any atom is 0.232 e. The summed E-state index contributed by atoms with van der Waals surface area (Å²) in [6.45, 7) is 0. The number of carbonyl (C=O) groups excluding carboxylic acids is 2. The summed E-state index contributed by atoms with van der Waals surface area (Å²) in [5.41, 5.74) is 1.27. The number of halogens is 2. The number of fused-ring (bicyclic) bond motifs is 1. The molecule has 0 saturated heterocycles. The van der Waals surface area contributed by atoms with Crippen LogP contribution >= 0.6 is 0 Å². The van der Waals surface area contributed by atoms with Crippen LogP contribution in [-0.2, 0) is 9.59 Å². The molecule has 0 spiro atoms.